The summed E-state index contributed by atoms with van der Waals surface area (Å²) in [5.41, 5.74) is 0. The first-order valence-corrected chi connectivity index (χ1v) is 6.05. The second-order valence-electron chi connectivity index (χ2n) is 1.67. The first kappa shape index (κ1) is 13.3. The van der Waals surface area contributed by atoms with Crippen molar-refractivity contribution in [3.63, 3.8) is 0 Å². The molecule has 0 bridgehead atoms. The van der Waals surface area contributed by atoms with Crippen LogP contribution in [0, 0.1) is 0 Å². The van der Waals surface area contributed by atoms with E-state index in [1.807, 2.05) is 0 Å². The normalized spacial score (nSPS) is 20.2. The van der Waals surface area contributed by atoms with E-state index in [9.17, 15) is 9.13 Å². The van der Waals surface area contributed by atoms with Crippen LogP contribution in [0.15, 0.2) is 12.7 Å². The average molecular weight is 252 g/mol. The molecular formula is C3H7ClO7P2. The molecule has 13 heavy (non-hydrogen) atoms. The molecule has 0 amide bonds. The molecule has 0 saturated heterocycles. The molecule has 0 aromatic heterocycles. The second kappa shape index (κ2) is 5.24. The fourth-order valence-corrected chi connectivity index (χ4v) is 2.17. The van der Waals surface area contributed by atoms with Gasteiger partial charge in [0.2, 0.25) is 0 Å². The quantitative estimate of drug-likeness (QED) is 0.546. The van der Waals surface area contributed by atoms with Crippen molar-refractivity contribution in [2.24, 2.45) is 0 Å². The summed E-state index contributed by atoms with van der Waals surface area (Å²) in [5.74, 6) is 0. The van der Waals surface area contributed by atoms with E-state index in [4.69, 9.17) is 9.79 Å². The predicted octanol–water partition coefficient (Wildman–Crippen LogP) is 1.58. The zero-order chi connectivity index (χ0) is 10.5. The van der Waals surface area contributed by atoms with E-state index < -0.39 is 15.6 Å². The minimum atomic E-state index is -4.74. The Morgan fingerprint density at radius 3 is 2.31 bits per heavy atom. The third-order valence-electron chi connectivity index (χ3n) is 0.649. The van der Waals surface area contributed by atoms with Crippen molar-refractivity contribution in [3.05, 3.63) is 12.7 Å². The smallest absolute Gasteiger partial charge is 0.302 e. The number of halogens is 1. The summed E-state index contributed by atoms with van der Waals surface area (Å²) in [6.07, 6.45) is 1.15. The van der Waals surface area contributed by atoms with Crippen molar-refractivity contribution in [1.82, 2.24) is 0 Å². The topological polar surface area (TPSA) is 102 Å². The largest absolute Gasteiger partial charge is 0.497 e. The molecule has 0 rings (SSSR count). The summed E-state index contributed by atoms with van der Waals surface area (Å²) in [6, 6.07) is 0. The number of hydrogen-bond acceptors (Lipinski definition) is 5. The van der Waals surface area contributed by atoms with E-state index in [2.05, 4.69) is 31.4 Å². The minimum absolute atomic E-state index is 0.323. The van der Waals surface area contributed by atoms with Crippen LogP contribution >= 0.6 is 27.5 Å². The van der Waals surface area contributed by atoms with Crippen LogP contribution in [-0.4, -0.2) is 16.4 Å². The molecule has 7 nitrogen and oxygen atoms in total. The van der Waals surface area contributed by atoms with Crippen molar-refractivity contribution >= 4 is 27.5 Å². The molecule has 0 saturated carbocycles. The maximum atomic E-state index is 10.7. The van der Waals surface area contributed by atoms with Gasteiger partial charge in [0.15, 0.2) is 0 Å². The fraction of sp³-hybridized carbons (Fsp3) is 0.333. The number of hydrogen-bond donors (Lipinski definition) is 2. The third kappa shape index (κ3) is 6.37. The van der Waals surface area contributed by atoms with Crippen LogP contribution in [0.2, 0.25) is 0 Å². The lowest BCUT2D eigenvalue weighted by molar-refractivity contribution is 0.196. The molecule has 10 heteroatoms. The van der Waals surface area contributed by atoms with E-state index in [0.29, 0.717) is 0 Å². The van der Waals surface area contributed by atoms with Crippen LogP contribution < -0.4 is 0 Å². The number of phosphoric acid groups is 2. The molecule has 0 aromatic rings. The van der Waals surface area contributed by atoms with Gasteiger partial charge in [-0.15, -0.1) is 6.58 Å². The van der Waals surface area contributed by atoms with Gasteiger partial charge in [-0.3, -0.25) is 4.52 Å². The monoisotopic (exact) mass is 252 g/mol. The first-order valence-electron chi connectivity index (χ1n) is 2.75. The van der Waals surface area contributed by atoms with Crippen molar-refractivity contribution < 1.29 is 31.8 Å². The summed E-state index contributed by atoms with van der Waals surface area (Å²) >= 11 is 4.49. The highest BCUT2D eigenvalue weighted by atomic mass is 35.5. The maximum Gasteiger partial charge on any atom is 0.497 e. The average Bonchev–Trinajstić information content (AvgIpc) is 1.99. The summed E-state index contributed by atoms with van der Waals surface area (Å²) in [7, 11) is -9.38. The fourth-order valence-electron chi connectivity index (χ4n) is 0.313. The van der Waals surface area contributed by atoms with E-state index in [1.54, 1.807) is 0 Å². The molecule has 0 aliphatic carbocycles. The molecule has 2 N–H and O–H groups in total. The highest BCUT2D eigenvalue weighted by molar-refractivity contribution is 7.61. The van der Waals surface area contributed by atoms with Gasteiger partial charge >= 0.3 is 15.6 Å². The lowest BCUT2D eigenvalue weighted by Gasteiger charge is -2.11. The lowest BCUT2D eigenvalue weighted by Crippen LogP contribution is -1.93. The maximum absolute atomic E-state index is 10.7. The molecule has 0 spiro atoms. The highest BCUT2D eigenvalue weighted by Gasteiger charge is 2.34. The van der Waals surface area contributed by atoms with Crippen LogP contribution in [0.4, 0.5) is 0 Å². The van der Waals surface area contributed by atoms with Gasteiger partial charge in [-0.25, -0.2) is 9.13 Å². The van der Waals surface area contributed by atoms with Crippen molar-refractivity contribution in [1.29, 1.82) is 0 Å². The Kier molecular flexibility index (Phi) is 5.36. The molecular weight excluding hydrogens is 245 g/mol. The van der Waals surface area contributed by atoms with E-state index in [-0.39, 0.29) is 6.61 Å². The SMILES string of the molecule is C=CCOP(=O)(O)OP(=O)(O)OCl. The zero-order valence-electron chi connectivity index (χ0n) is 6.20. The summed E-state index contributed by atoms with van der Waals surface area (Å²) in [4.78, 5) is 17.2. The Bertz CT molecular complexity index is 264. The Morgan fingerprint density at radius 2 is 1.92 bits per heavy atom. The van der Waals surface area contributed by atoms with Crippen molar-refractivity contribution in [3.8, 4) is 0 Å². The van der Waals surface area contributed by atoms with Crippen LogP contribution in [0.1, 0.15) is 0 Å². The van der Waals surface area contributed by atoms with Crippen molar-refractivity contribution in [2.75, 3.05) is 6.61 Å². The summed E-state index contributed by atoms with van der Waals surface area (Å²) in [6.45, 7) is 2.86. The standard InChI is InChI=1S/C3H7ClO7P2/c1-2-3-9-12(5,6)11-13(7,8)10-4/h2H,1,3H2,(H,5,6)(H,7,8). The number of phosphoric ester groups is 1. The van der Waals surface area contributed by atoms with Gasteiger partial charge in [0.25, 0.3) is 0 Å². The predicted molar refractivity (Wildman–Crippen MR) is 43.8 cm³/mol. The van der Waals surface area contributed by atoms with E-state index in [0.717, 1.165) is 6.08 Å². The second-order valence-corrected chi connectivity index (χ2v) is 5.01. The van der Waals surface area contributed by atoms with Gasteiger partial charge in [0, 0.05) is 0 Å². The van der Waals surface area contributed by atoms with Gasteiger partial charge in [-0.05, 0) is 0 Å². The van der Waals surface area contributed by atoms with Gasteiger partial charge in [0.05, 0.1) is 18.5 Å². The van der Waals surface area contributed by atoms with Gasteiger partial charge in [-0.1, -0.05) is 6.08 Å². The Hall–Kier alpha value is 0.290. The van der Waals surface area contributed by atoms with Crippen LogP contribution in [-0.2, 0) is 22.0 Å². The molecule has 0 aromatic carbocycles. The van der Waals surface area contributed by atoms with Crippen molar-refractivity contribution in [2.45, 2.75) is 0 Å². The van der Waals surface area contributed by atoms with Gasteiger partial charge in [-0.2, -0.15) is 8.39 Å². The van der Waals surface area contributed by atoms with Crippen LogP contribution in [0.25, 0.3) is 0 Å². The molecule has 78 valence electrons. The lowest BCUT2D eigenvalue weighted by atomic mass is 10.7. The molecule has 0 aliphatic rings. The molecule has 2 atom stereocenters. The molecule has 0 fully saturated rings. The van der Waals surface area contributed by atoms with Gasteiger partial charge in [0.1, 0.15) is 0 Å². The van der Waals surface area contributed by atoms with E-state index in [1.165, 1.54) is 0 Å². The molecule has 0 radical (unpaired) electrons. The summed E-state index contributed by atoms with van der Waals surface area (Å²) < 4.78 is 32.4. The number of rotatable bonds is 6. The molecule has 0 aliphatic heterocycles. The Balaban J connectivity index is 4.25. The molecule has 0 heterocycles. The van der Waals surface area contributed by atoms with Gasteiger partial charge < -0.3 is 9.79 Å². The Labute approximate surface area is 79.3 Å². The Morgan fingerprint density at radius 1 is 1.38 bits per heavy atom. The first-order chi connectivity index (χ1) is 5.83. The highest BCUT2D eigenvalue weighted by Crippen LogP contribution is 2.60. The van der Waals surface area contributed by atoms with Crippen LogP contribution in [0.3, 0.4) is 0 Å². The summed E-state index contributed by atoms with van der Waals surface area (Å²) in [5, 5.41) is 0. The minimum Gasteiger partial charge on any atom is -0.302 e. The molecule has 2 unspecified atom stereocenters. The zero-order valence-corrected chi connectivity index (χ0v) is 8.74. The van der Waals surface area contributed by atoms with E-state index >= 15 is 0 Å². The van der Waals surface area contributed by atoms with Crippen LogP contribution in [0.5, 0.6) is 0 Å². The third-order valence-corrected chi connectivity index (χ3v) is 3.47.